The second-order valence-corrected chi connectivity index (χ2v) is 6.15. The van der Waals surface area contributed by atoms with Crippen molar-refractivity contribution in [3.05, 3.63) is 0 Å². The van der Waals surface area contributed by atoms with Crippen molar-refractivity contribution < 1.29 is 28.4 Å². The Balaban J connectivity index is 3.40. The summed E-state index contributed by atoms with van der Waals surface area (Å²) in [5, 5.41) is 0. The van der Waals surface area contributed by atoms with E-state index in [2.05, 4.69) is 32.7 Å². The number of hydrogen-bond donors (Lipinski definition) is 0. The van der Waals surface area contributed by atoms with Crippen molar-refractivity contribution >= 4 is 17.8 Å². The molecule has 0 unspecified atom stereocenters. The Hall–Kier alpha value is -3.15. The minimum absolute atomic E-state index is 0.0800. The number of nitrogens with zero attached hydrogens (tertiary/aromatic N) is 6. The molecule has 0 saturated heterocycles. The molecule has 1 rings (SSSR count). The van der Waals surface area contributed by atoms with Crippen molar-refractivity contribution in [3.8, 4) is 37.0 Å². The zero-order chi connectivity index (χ0) is 24.3. The summed E-state index contributed by atoms with van der Waals surface area (Å²) in [6, 6.07) is 0. The van der Waals surface area contributed by atoms with Crippen molar-refractivity contribution in [1.82, 2.24) is 15.0 Å². The molecule has 0 fully saturated rings. The lowest BCUT2D eigenvalue weighted by Gasteiger charge is -2.27. The SMILES string of the molecule is C#CCOCN(COC)c1nc(N(COC)COCC#C)nc(N(COC)COCC#C)n1. The third kappa shape index (κ3) is 10.3. The molecule has 0 saturated carbocycles. The van der Waals surface area contributed by atoms with Gasteiger partial charge in [-0.2, -0.15) is 15.0 Å². The third-order valence-corrected chi connectivity index (χ3v) is 3.60. The van der Waals surface area contributed by atoms with Crippen LogP contribution in [0.1, 0.15) is 0 Å². The number of rotatable bonds is 18. The molecule has 1 aromatic rings. The van der Waals surface area contributed by atoms with Crippen LogP contribution in [0.25, 0.3) is 0 Å². The van der Waals surface area contributed by atoms with Gasteiger partial charge in [-0.3, -0.25) is 14.7 Å². The van der Waals surface area contributed by atoms with Crippen molar-refractivity contribution in [2.45, 2.75) is 0 Å². The molecule has 0 aliphatic heterocycles. The summed E-state index contributed by atoms with van der Waals surface area (Å²) in [6.07, 6.45) is 15.8. The maximum absolute atomic E-state index is 5.45. The standard InChI is InChI=1S/C21H30N6O6/c1-7-10-31-16-25(13-28-4)19-22-20(26(14-29-5)17-32-11-8-2)24-21(23-19)27(15-30-6)18-33-12-9-3/h1-3H,10-18H2,4-6H3. The van der Waals surface area contributed by atoms with E-state index in [0.29, 0.717) is 0 Å². The first-order chi connectivity index (χ1) is 16.1. The fourth-order valence-corrected chi connectivity index (χ4v) is 2.34. The summed E-state index contributed by atoms with van der Waals surface area (Å²) in [6.45, 7) is 0.947. The summed E-state index contributed by atoms with van der Waals surface area (Å²) in [4.78, 5) is 18.5. The Morgan fingerprint density at radius 3 is 1.03 bits per heavy atom. The predicted molar refractivity (Wildman–Crippen MR) is 122 cm³/mol. The van der Waals surface area contributed by atoms with Gasteiger partial charge in [-0.1, -0.05) is 17.8 Å². The minimum atomic E-state index is 0.0800. The third-order valence-electron chi connectivity index (χ3n) is 3.60. The second-order valence-electron chi connectivity index (χ2n) is 6.15. The van der Waals surface area contributed by atoms with Crippen LogP contribution in [-0.2, 0) is 28.4 Å². The van der Waals surface area contributed by atoms with E-state index in [1.165, 1.54) is 21.3 Å². The lowest BCUT2D eigenvalue weighted by molar-refractivity contribution is 0.119. The molecule has 0 spiro atoms. The average Bonchev–Trinajstić information content (AvgIpc) is 2.82. The molecular weight excluding hydrogens is 432 g/mol. The molecule has 12 nitrogen and oxygen atoms in total. The van der Waals surface area contributed by atoms with Gasteiger partial charge in [0, 0.05) is 21.3 Å². The van der Waals surface area contributed by atoms with Crippen molar-refractivity contribution in [1.29, 1.82) is 0 Å². The average molecular weight is 463 g/mol. The van der Waals surface area contributed by atoms with Crippen LogP contribution in [0.4, 0.5) is 17.8 Å². The molecule has 0 N–H and O–H groups in total. The zero-order valence-corrected chi connectivity index (χ0v) is 19.2. The summed E-state index contributed by atoms with van der Waals surface area (Å²) in [7, 11) is 4.60. The normalized spacial score (nSPS) is 10.2. The molecule has 0 atom stereocenters. The van der Waals surface area contributed by atoms with Gasteiger partial charge in [-0.15, -0.1) is 19.3 Å². The maximum atomic E-state index is 5.45. The van der Waals surface area contributed by atoms with Crippen LogP contribution in [0, 0.1) is 37.0 Å². The number of hydrogen-bond acceptors (Lipinski definition) is 12. The largest absolute Gasteiger partial charge is 0.364 e. The van der Waals surface area contributed by atoms with E-state index in [9.17, 15) is 0 Å². The van der Waals surface area contributed by atoms with E-state index in [1.807, 2.05) is 0 Å². The monoisotopic (exact) mass is 462 g/mol. The Kier molecular flexibility index (Phi) is 14.7. The molecule has 33 heavy (non-hydrogen) atoms. The molecule has 180 valence electrons. The van der Waals surface area contributed by atoms with Crippen LogP contribution in [0.2, 0.25) is 0 Å². The zero-order valence-electron chi connectivity index (χ0n) is 19.2. The molecule has 0 radical (unpaired) electrons. The van der Waals surface area contributed by atoms with Gasteiger partial charge in [0.05, 0.1) is 0 Å². The van der Waals surface area contributed by atoms with E-state index >= 15 is 0 Å². The maximum Gasteiger partial charge on any atom is 0.235 e. The first-order valence-corrected chi connectivity index (χ1v) is 9.66. The summed E-state index contributed by atoms with van der Waals surface area (Å²) in [5.41, 5.74) is 0. The Bertz CT molecular complexity index is 689. The Labute approximate surface area is 195 Å². The van der Waals surface area contributed by atoms with Crippen LogP contribution in [0.15, 0.2) is 0 Å². The molecule has 0 aliphatic carbocycles. The smallest absolute Gasteiger partial charge is 0.235 e. The van der Waals surface area contributed by atoms with Gasteiger partial charge in [-0.05, 0) is 0 Å². The van der Waals surface area contributed by atoms with Crippen LogP contribution in [-0.4, -0.2) is 96.5 Å². The first kappa shape index (κ1) is 27.9. The van der Waals surface area contributed by atoms with Gasteiger partial charge in [0.25, 0.3) is 0 Å². The number of ether oxygens (including phenoxy) is 6. The van der Waals surface area contributed by atoms with Crippen LogP contribution < -0.4 is 14.7 Å². The molecule has 12 heteroatoms. The molecule has 0 aliphatic rings. The van der Waals surface area contributed by atoms with Crippen LogP contribution >= 0.6 is 0 Å². The van der Waals surface area contributed by atoms with E-state index in [4.69, 9.17) is 47.7 Å². The topological polar surface area (TPSA) is 104 Å². The van der Waals surface area contributed by atoms with Gasteiger partial charge >= 0.3 is 0 Å². The fourth-order valence-electron chi connectivity index (χ4n) is 2.34. The van der Waals surface area contributed by atoms with Gasteiger partial charge in [0.1, 0.15) is 60.2 Å². The summed E-state index contributed by atoms with van der Waals surface area (Å²) in [5.74, 6) is 7.99. The quantitative estimate of drug-likeness (QED) is 0.166. The minimum Gasteiger partial charge on any atom is -0.364 e. The lowest BCUT2D eigenvalue weighted by atomic mass is 10.6. The van der Waals surface area contributed by atoms with Crippen LogP contribution in [0.3, 0.4) is 0 Å². The second kappa shape index (κ2) is 17.4. The molecule has 0 amide bonds. The number of methoxy groups -OCH3 is 3. The van der Waals surface area contributed by atoms with Gasteiger partial charge in [-0.25, -0.2) is 0 Å². The molecule has 0 aromatic carbocycles. The molecular formula is C21H30N6O6. The summed E-state index contributed by atoms with van der Waals surface area (Å²) >= 11 is 0. The van der Waals surface area contributed by atoms with Gasteiger partial charge in [0.2, 0.25) is 17.8 Å². The van der Waals surface area contributed by atoms with Gasteiger partial charge in [0.15, 0.2) is 0 Å². The highest BCUT2D eigenvalue weighted by atomic mass is 16.5. The summed E-state index contributed by atoms with van der Waals surface area (Å²) < 4.78 is 32.1. The highest BCUT2D eigenvalue weighted by Crippen LogP contribution is 2.20. The van der Waals surface area contributed by atoms with Crippen molar-refractivity contribution in [3.63, 3.8) is 0 Å². The number of anilines is 3. The first-order valence-electron chi connectivity index (χ1n) is 9.66. The van der Waals surface area contributed by atoms with E-state index in [-0.39, 0.29) is 78.1 Å². The van der Waals surface area contributed by atoms with Gasteiger partial charge < -0.3 is 28.4 Å². The molecule has 0 bridgehead atoms. The van der Waals surface area contributed by atoms with Crippen LogP contribution in [0.5, 0.6) is 0 Å². The number of terminal acetylenes is 3. The molecule has 1 aromatic heterocycles. The van der Waals surface area contributed by atoms with E-state index in [0.717, 1.165) is 0 Å². The lowest BCUT2D eigenvalue weighted by Crippen LogP contribution is -2.36. The van der Waals surface area contributed by atoms with Crippen molar-refractivity contribution in [2.75, 3.05) is 96.2 Å². The predicted octanol–water partition coefficient (Wildman–Crippen LogP) is -0.0756. The van der Waals surface area contributed by atoms with Crippen molar-refractivity contribution in [2.24, 2.45) is 0 Å². The Morgan fingerprint density at radius 2 is 0.818 bits per heavy atom. The highest BCUT2D eigenvalue weighted by molar-refractivity contribution is 5.45. The highest BCUT2D eigenvalue weighted by Gasteiger charge is 2.21. The van der Waals surface area contributed by atoms with E-state index in [1.54, 1.807) is 14.7 Å². The van der Waals surface area contributed by atoms with E-state index < -0.39 is 0 Å². The fraction of sp³-hybridized carbons (Fsp3) is 0.571. The Morgan fingerprint density at radius 1 is 0.545 bits per heavy atom. The molecule has 1 heterocycles. The number of aromatic nitrogens is 3.